The Hall–Kier alpha value is -4.27. The molecule has 0 saturated carbocycles. The molecule has 0 aliphatic carbocycles. The summed E-state index contributed by atoms with van der Waals surface area (Å²) < 4.78 is 6.70. The molecule has 160 valence electrons. The van der Waals surface area contributed by atoms with E-state index in [1.165, 1.54) is 31.4 Å². The molecular formula is C22H21N3O6. The number of hydrogen-bond donors (Lipinski definition) is 4. The van der Waals surface area contributed by atoms with Gasteiger partial charge in [-0.15, -0.1) is 0 Å². The van der Waals surface area contributed by atoms with Crippen LogP contribution in [-0.2, 0) is 4.74 Å². The van der Waals surface area contributed by atoms with Gasteiger partial charge in [-0.3, -0.25) is 4.79 Å². The van der Waals surface area contributed by atoms with Crippen molar-refractivity contribution >= 4 is 18.1 Å². The fraction of sp³-hybridized carbons (Fsp3) is 0.136. The van der Waals surface area contributed by atoms with Crippen LogP contribution in [0.2, 0.25) is 0 Å². The van der Waals surface area contributed by atoms with Gasteiger partial charge in [0.1, 0.15) is 0 Å². The summed E-state index contributed by atoms with van der Waals surface area (Å²) in [5, 5.41) is 32.5. The van der Waals surface area contributed by atoms with Crippen molar-refractivity contribution in [2.75, 3.05) is 7.11 Å². The minimum absolute atomic E-state index is 0.0934. The molecule has 4 N–H and O–H groups in total. The first kappa shape index (κ1) is 21.4. The summed E-state index contributed by atoms with van der Waals surface area (Å²) in [5.41, 5.74) is 5.20. The molecule has 0 radical (unpaired) electrons. The number of aromatic hydroxyl groups is 3. The maximum atomic E-state index is 12.6. The Kier molecular flexibility index (Phi) is 5.96. The molecule has 0 atom stereocenters. The smallest absolute Gasteiger partial charge is 0.339 e. The molecular weight excluding hydrogens is 402 g/mol. The Bertz CT molecular complexity index is 1180. The predicted octanol–water partition coefficient (Wildman–Crippen LogP) is 2.76. The van der Waals surface area contributed by atoms with Crippen LogP contribution < -0.4 is 5.43 Å². The normalized spacial score (nSPS) is 10.9. The maximum absolute atomic E-state index is 12.6. The number of esters is 1. The highest BCUT2D eigenvalue weighted by Crippen LogP contribution is 2.36. The zero-order valence-corrected chi connectivity index (χ0v) is 17.1. The number of amides is 1. The monoisotopic (exact) mass is 423 g/mol. The zero-order valence-electron chi connectivity index (χ0n) is 17.1. The van der Waals surface area contributed by atoms with Crippen LogP contribution in [0.5, 0.6) is 17.2 Å². The first-order chi connectivity index (χ1) is 14.7. The lowest BCUT2D eigenvalue weighted by Gasteiger charge is -2.15. The number of nitrogens with zero attached hydrogens (tertiary/aromatic N) is 2. The van der Waals surface area contributed by atoms with Gasteiger partial charge in [0, 0.05) is 22.5 Å². The van der Waals surface area contributed by atoms with Crippen molar-refractivity contribution in [3.63, 3.8) is 0 Å². The van der Waals surface area contributed by atoms with Crippen LogP contribution in [-0.4, -0.2) is 45.1 Å². The fourth-order valence-corrected chi connectivity index (χ4v) is 3.10. The van der Waals surface area contributed by atoms with Gasteiger partial charge in [0.25, 0.3) is 5.91 Å². The van der Waals surface area contributed by atoms with Gasteiger partial charge >= 0.3 is 5.97 Å². The minimum Gasteiger partial charge on any atom is -0.504 e. The largest absolute Gasteiger partial charge is 0.504 e. The average Bonchev–Trinajstić information content (AvgIpc) is 3.10. The molecule has 3 rings (SSSR count). The summed E-state index contributed by atoms with van der Waals surface area (Å²) in [7, 11) is 1.29. The first-order valence-electron chi connectivity index (χ1n) is 9.19. The molecule has 1 aromatic heterocycles. The highest BCUT2D eigenvalue weighted by molar-refractivity contribution is 5.99. The number of phenolic OH excluding ortho intramolecular Hbond substituents is 3. The minimum atomic E-state index is -0.684. The van der Waals surface area contributed by atoms with Gasteiger partial charge in [0.2, 0.25) is 5.75 Å². The van der Waals surface area contributed by atoms with Crippen molar-refractivity contribution in [1.29, 1.82) is 0 Å². The fourth-order valence-electron chi connectivity index (χ4n) is 3.10. The predicted molar refractivity (Wildman–Crippen MR) is 113 cm³/mol. The number of hydrazone groups is 1. The van der Waals surface area contributed by atoms with Crippen LogP contribution in [0.4, 0.5) is 0 Å². The number of carbonyl (C=O) groups is 2. The maximum Gasteiger partial charge on any atom is 0.339 e. The Morgan fingerprint density at radius 3 is 2.32 bits per heavy atom. The van der Waals surface area contributed by atoms with Crippen LogP contribution in [0.25, 0.3) is 5.69 Å². The molecule has 1 amide bonds. The van der Waals surface area contributed by atoms with E-state index < -0.39 is 29.1 Å². The van der Waals surface area contributed by atoms with Crippen LogP contribution >= 0.6 is 0 Å². The second-order valence-electron chi connectivity index (χ2n) is 6.75. The molecule has 1 heterocycles. The number of ether oxygens (including phenoxy) is 1. The summed E-state index contributed by atoms with van der Waals surface area (Å²) >= 11 is 0. The number of benzene rings is 2. The third-order valence-corrected chi connectivity index (χ3v) is 4.71. The van der Waals surface area contributed by atoms with Crippen molar-refractivity contribution in [1.82, 2.24) is 9.99 Å². The third-order valence-electron chi connectivity index (χ3n) is 4.71. The van der Waals surface area contributed by atoms with Gasteiger partial charge in [-0.1, -0.05) is 0 Å². The summed E-state index contributed by atoms with van der Waals surface area (Å²) in [6.45, 7) is 3.76. The highest BCUT2D eigenvalue weighted by atomic mass is 16.5. The van der Waals surface area contributed by atoms with Gasteiger partial charge in [0.15, 0.2) is 11.5 Å². The van der Waals surface area contributed by atoms with E-state index in [0.717, 1.165) is 17.6 Å². The van der Waals surface area contributed by atoms with Gasteiger partial charge in [0.05, 0.1) is 24.6 Å². The lowest BCUT2D eigenvalue weighted by molar-refractivity contribution is 0.0600. The zero-order chi connectivity index (χ0) is 22.7. The SMILES string of the molecule is COC(=O)c1ccc(C(=O)N/N=C/c2ccc(O)c(O)c2O)cc1-n1c(C)ccc1C. The molecule has 0 unspecified atom stereocenters. The molecule has 31 heavy (non-hydrogen) atoms. The molecule has 3 aromatic rings. The molecule has 0 fully saturated rings. The Balaban J connectivity index is 1.91. The molecule has 0 aliphatic heterocycles. The standard InChI is InChI=1S/C22H21N3O6/c1-12-4-5-13(2)25(12)17-10-14(6-8-16(17)22(30)31-3)21(29)24-23-11-15-7-9-18(26)20(28)19(15)27/h4-11,26-28H,1-3H3,(H,24,29)/b23-11+. The topological polar surface area (TPSA) is 133 Å². The van der Waals surface area contributed by atoms with Crippen LogP contribution in [0.3, 0.4) is 0 Å². The molecule has 9 nitrogen and oxygen atoms in total. The number of aromatic nitrogens is 1. The molecule has 0 bridgehead atoms. The van der Waals surface area contributed by atoms with E-state index in [-0.39, 0.29) is 11.1 Å². The van der Waals surface area contributed by atoms with Crippen molar-refractivity contribution in [2.45, 2.75) is 13.8 Å². The molecule has 0 saturated heterocycles. The van der Waals surface area contributed by atoms with Gasteiger partial charge in [-0.05, 0) is 56.3 Å². The van der Waals surface area contributed by atoms with E-state index in [0.29, 0.717) is 11.3 Å². The average molecular weight is 423 g/mol. The number of phenols is 3. The number of nitrogens with one attached hydrogen (secondary N) is 1. The quantitative estimate of drug-likeness (QED) is 0.216. The molecule has 9 heteroatoms. The Morgan fingerprint density at radius 2 is 1.68 bits per heavy atom. The van der Waals surface area contributed by atoms with Crippen molar-refractivity contribution in [2.24, 2.45) is 5.10 Å². The number of rotatable bonds is 5. The second kappa shape index (κ2) is 8.62. The highest BCUT2D eigenvalue weighted by Gasteiger charge is 2.18. The van der Waals surface area contributed by atoms with Crippen LogP contribution in [0.15, 0.2) is 47.6 Å². The second-order valence-corrected chi connectivity index (χ2v) is 6.75. The van der Waals surface area contributed by atoms with E-state index in [1.807, 2.05) is 30.5 Å². The molecule has 2 aromatic carbocycles. The number of hydrogen-bond acceptors (Lipinski definition) is 7. The van der Waals surface area contributed by atoms with Gasteiger partial charge in [-0.25, -0.2) is 10.2 Å². The number of methoxy groups -OCH3 is 1. The van der Waals surface area contributed by atoms with Crippen molar-refractivity contribution in [3.8, 4) is 22.9 Å². The van der Waals surface area contributed by atoms with E-state index in [2.05, 4.69) is 10.5 Å². The van der Waals surface area contributed by atoms with E-state index >= 15 is 0 Å². The Labute approximate surface area is 177 Å². The van der Waals surface area contributed by atoms with E-state index in [9.17, 15) is 24.9 Å². The third kappa shape index (κ3) is 4.20. The van der Waals surface area contributed by atoms with Gasteiger partial charge < -0.3 is 24.6 Å². The lowest BCUT2D eigenvalue weighted by atomic mass is 10.1. The summed E-state index contributed by atoms with van der Waals surface area (Å²) in [6, 6.07) is 10.8. The van der Waals surface area contributed by atoms with E-state index in [4.69, 9.17) is 4.74 Å². The van der Waals surface area contributed by atoms with Crippen LogP contribution in [0, 0.1) is 13.8 Å². The molecule has 0 aliphatic rings. The van der Waals surface area contributed by atoms with Crippen molar-refractivity contribution < 1.29 is 29.6 Å². The lowest BCUT2D eigenvalue weighted by Crippen LogP contribution is -2.19. The number of aryl methyl sites for hydroxylation is 2. The van der Waals surface area contributed by atoms with Crippen LogP contribution in [0.1, 0.15) is 37.7 Å². The van der Waals surface area contributed by atoms with E-state index in [1.54, 1.807) is 6.07 Å². The molecule has 0 spiro atoms. The summed E-state index contributed by atoms with van der Waals surface area (Å²) in [4.78, 5) is 24.8. The summed E-state index contributed by atoms with van der Waals surface area (Å²) in [5.74, 6) is -2.82. The Morgan fingerprint density at radius 1 is 1.00 bits per heavy atom. The van der Waals surface area contributed by atoms with Crippen molar-refractivity contribution in [3.05, 3.63) is 70.5 Å². The number of carbonyl (C=O) groups excluding carboxylic acids is 2. The first-order valence-corrected chi connectivity index (χ1v) is 9.19. The van der Waals surface area contributed by atoms with Gasteiger partial charge in [-0.2, -0.15) is 5.10 Å². The summed E-state index contributed by atoms with van der Waals surface area (Å²) in [6.07, 6.45) is 1.12.